The van der Waals surface area contributed by atoms with Crippen LogP contribution in [0.15, 0.2) is 5.38 Å². The van der Waals surface area contributed by atoms with Crippen molar-refractivity contribution in [1.29, 1.82) is 0 Å². The third-order valence-corrected chi connectivity index (χ3v) is 5.13. The second-order valence-electron chi connectivity index (χ2n) is 6.47. The van der Waals surface area contributed by atoms with Gasteiger partial charge in [0.05, 0.1) is 11.8 Å². The van der Waals surface area contributed by atoms with Crippen LogP contribution in [0.2, 0.25) is 0 Å². The van der Waals surface area contributed by atoms with Crippen LogP contribution in [0.25, 0.3) is 0 Å². The van der Waals surface area contributed by atoms with Crippen molar-refractivity contribution in [1.82, 2.24) is 10.3 Å². The van der Waals surface area contributed by atoms with Crippen molar-refractivity contribution < 1.29 is 9.90 Å². The summed E-state index contributed by atoms with van der Waals surface area (Å²) < 4.78 is 0. The normalized spacial score (nSPS) is 19.0. The van der Waals surface area contributed by atoms with Crippen molar-refractivity contribution in [2.24, 2.45) is 11.8 Å². The average Bonchev–Trinajstić information content (AvgIpc) is 2.91. The molecule has 1 fully saturated rings. The summed E-state index contributed by atoms with van der Waals surface area (Å²) in [6, 6.07) is 0. The third-order valence-electron chi connectivity index (χ3n) is 4.11. The zero-order valence-electron chi connectivity index (χ0n) is 13.7. The molecule has 1 aliphatic rings. The van der Waals surface area contributed by atoms with E-state index in [1.807, 2.05) is 6.92 Å². The molecule has 6 heteroatoms. The molecule has 2 N–H and O–H groups in total. The van der Waals surface area contributed by atoms with E-state index in [-0.39, 0.29) is 17.9 Å². The molecule has 1 saturated heterocycles. The summed E-state index contributed by atoms with van der Waals surface area (Å²) in [4.78, 5) is 19.0. The minimum absolute atomic E-state index is 0.107. The van der Waals surface area contributed by atoms with Gasteiger partial charge in [-0.25, -0.2) is 4.98 Å². The van der Waals surface area contributed by atoms with Gasteiger partial charge in [0.25, 0.3) is 0 Å². The Labute approximate surface area is 136 Å². The molecule has 22 heavy (non-hydrogen) atoms. The molecule has 2 heterocycles. The Bertz CT molecular complexity index is 481. The summed E-state index contributed by atoms with van der Waals surface area (Å²) in [7, 11) is 0. The van der Waals surface area contributed by atoms with Gasteiger partial charge in [-0.3, -0.25) is 4.79 Å². The molecule has 0 spiro atoms. The second-order valence-corrected chi connectivity index (χ2v) is 7.30. The van der Waals surface area contributed by atoms with Crippen molar-refractivity contribution in [3.63, 3.8) is 0 Å². The summed E-state index contributed by atoms with van der Waals surface area (Å²) in [5, 5.41) is 15.5. The lowest BCUT2D eigenvalue weighted by molar-refractivity contribution is -0.125. The van der Waals surface area contributed by atoms with Crippen LogP contribution in [0.4, 0.5) is 5.13 Å². The fourth-order valence-electron chi connectivity index (χ4n) is 2.90. The van der Waals surface area contributed by atoms with E-state index in [4.69, 9.17) is 0 Å². The Morgan fingerprint density at radius 1 is 1.50 bits per heavy atom. The Balaban J connectivity index is 1.73. The minimum Gasteiger partial charge on any atom is -0.393 e. The largest absolute Gasteiger partial charge is 0.393 e. The van der Waals surface area contributed by atoms with Gasteiger partial charge >= 0.3 is 0 Å². The van der Waals surface area contributed by atoms with Crippen molar-refractivity contribution in [2.45, 2.75) is 46.1 Å². The Morgan fingerprint density at radius 3 is 2.73 bits per heavy atom. The van der Waals surface area contributed by atoms with Gasteiger partial charge in [-0.1, -0.05) is 6.92 Å². The van der Waals surface area contributed by atoms with Crippen LogP contribution in [0, 0.1) is 18.8 Å². The van der Waals surface area contributed by atoms with Gasteiger partial charge in [-0.15, -0.1) is 11.3 Å². The lowest BCUT2D eigenvalue weighted by atomic mass is 9.95. The average molecular weight is 325 g/mol. The molecule has 0 radical (unpaired) electrons. The van der Waals surface area contributed by atoms with E-state index >= 15 is 0 Å². The summed E-state index contributed by atoms with van der Waals surface area (Å²) in [6.45, 7) is 8.29. The molecule has 5 nitrogen and oxygen atoms in total. The summed E-state index contributed by atoms with van der Waals surface area (Å²) >= 11 is 1.68. The van der Waals surface area contributed by atoms with Crippen molar-refractivity contribution in [3.05, 3.63) is 11.1 Å². The summed E-state index contributed by atoms with van der Waals surface area (Å²) in [5.41, 5.74) is 1.06. The molecule has 0 aromatic carbocycles. The van der Waals surface area contributed by atoms with E-state index < -0.39 is 0 Å². The van der Waals surface area contributed by atoms with Gasteiger partial charge in [0.2, 0.25) is 5.91 Å². The number of piperidine rings is 1. The molecule has 124 valence electrons. The molecule has 1 aromatic heterocycles. The number of nitrogens with one attached hydrogen (secondary N) is 1. The molecule has 2 rings (SSSR count). The number of aliphatic hydroxyl groups is 1. The number of aromatic nitrogens is 1. The maximum absolute atomic E-state index is 12.2. The van der Waals surface area contributed by atoms with Crippen LogP contribution in [0.5, 0.6) is 0 Å². The van der Waals surface area contributed by atoms with Crippen LogP contribution in [-0.2, 0) is 4.79 Å². The number of hydrogen-bond donors (Lipinski definition) is 2. The van der Waals surface area contributed by atoms with Gasteiger partial charge in [-0.2, -0.15) is 0 Å². The van der Waals surface area contributed by atoms with E-state index in [0.717, 1.165) is 43.2 Å². The molecule has 0 saturated carbocycles. The first-order chi connectivity index (χ1) is 10.5. The zero-order chi connectivity index (χ0) is 16.1. The van der Waals surface area contributed by atoms with E-state index in [1.165, 1.54) is 0 Å². The SMILES string of the molecule is Cc1csc(N2CCC(C(=O)NCC(C)CC(C)O)CC2)n1. The molecular formula is C16H27N3O2S. The van der Waals surface area contributed by atoms with Crippen LogP contribution in [-0.4, -0.2) is 41.7 Å². The number of carbonyl (C=O) groups is 1. The number of amides is 1. The summed E-state index contributed by atoms with van der Waals surface area (Å²) in [6.07, 6.45) is 2.18. The lowest BCUT2D eigenvalue weighted by Crippen LogP contribution is -2.41. The first kappa shape index (κ1) is 17.2. The highest BCUT2D eigenvalue weighted by Gasteiger charge is 2.26. The Kier molecular flexibility index (Phi) is 6.20. The molecule has 0 aliphatic carbocycles. The highest BCUT2D eigenvalue weighted by Crippen LogP contribution is 2.26. The number of aryl methyl sites for hydroxylation is 1. The quantitative estimate of drug-likeness (QED) is 0.841. The second kappa shape index (κ2) is 7.92. The van der Waals surface area contributed by atoms with Gasteiger partial charge in [-0.05, 0) is 39.0 Å². The van der Waals surface area contributed by atoms with Crippen LogP contribution in [0.3, 0.4) is 0 Å². The van der Waals surface area contributed by atoms with Crippen molar-refractivity contribution in [3.8, 4) is 0 Å². The fourth-order valence-corrected chi connectivity index (χ4v) is 3.76. The van der Waals surface area contributed by atoms with Gasteiger partial charge in [0.1, 0.15) is 0 Å². The van der Waals surface area contributed by atoms with Crippen molar-refractivity contribution in [2.75, 3.05) is 24.5 Å². The highest BCUT2D eigenvalue weighted by molar-refractivity contribution is 7.13. The maximum atomic E-state index is 12.2. The monoisotopic (exact) mass is 325 g/mol. The molecule has 0 bridgehead atoms. The topological polar surface area (TPSA) is 65.5 Å². The van der Waals surface area contributed by atoms with Gasteiger partial charge in [0, 0.05) is 30.9 Å². The Morgan fingerprint density at radius 2 is 2.18 bits per heavy atom. The number of thiazole rings is 1. The number of hydrogen-bond acceptors (Lipinski definition) is 5. The highest BCUT2D eigenvalue weighted by atomic mass is 32.1. The van der Waals surface area contributed by atoms with E-state index in [9.17, 15) is 9.90 Å². The van der Waals surface area contributed by atoms with Gasteiger partial charge in [0.15, 0.2) is 5.13 Å². The number of nitrogens with zero attached hydrogens (tertiary/aromatic N) is 2. The minimum atomic E-state index is -0.308. The predicted molar refractivity (Wildman–Crippen MR) is 90.3 cm³/mol. The third kappa shape index (κ3) is 4.95. The van der Waals surface area contributed by atoms with Crippen LogP contribution in [0.1, 0.15) is 38.8 Å². The molecule has 2 unspecified atom stereocenters. The predicted octanol–water partition coefficient (Wildman–Crippen LogP) is 2.19. The first-order valence-corrected chi connectivity index (χ1v) is 8.96. The number of aliphatic hydroxyl groups excluding tert-OH is 1. The summed E-state index contributed by atoms with van der Waals surface area (Å²) in [5.74, 6) is 0.575. The molecular weight excluding hydrogens is 298 g/mol. The molecule has 1 aromatic rings. The first-order valence-electron chi connectivity index (χ1n) is 8.08. The lowest BCUT2D eigenvalue weighted by Gasteiger charge is -2.31. The van der Waals surface area contributed by atoms with Crippen LogP contribution < -0.4 is 10.2 Å². The fraction of sp³-hybridized carbons (Fsp3) is 0.750. The Hall–Kier alpha value is -1.14. The maximum Gasteiger partial charge on any atom is 0.223 e. The van der Waals surface area contributed by atoms with Crippen molar-refractivity contribution >= 4 is 22.4 Å². The van der Waals surface area contributed by atoms with Gasteiger partial charge < -0.3 is 15.3 Å². The molecule has 2 atom stereocenters. The molecule has 1 amide bonds. The van der Waals surface area contributed by atoms with E-state index in [1.54, 1.807) is 18.3 Å². The number of anilines is 1. The standard InChI is InChI=1S/C16H27N3O2S/c1-11(8-13(3)20)9-17-15(21)14-4-6-19(7-5-14)16-18-12(2)10-22-16/h10-11,13-14,20H,4-9H2,1-3H3,(H,17,21). The zero-order valence-corrected chi connectivity index (χ0v) is 14.5. The van der Waals surface area contributed by atoms with E-state index in [2.05, 4.69) is 27.5 Å². The number of carbonyl (C=O) groups excluding carboxylic acids is 1. The smallest absolute Gasteiger partial charge is 0.223 e. The van der Waals surface area contributed by atoms with E-state index in [0.29, 0.717) is 12.5 Å². The molecule has 1 aliphatic heterocycles. The van der Waals surface area contributed by atoms with Crippen LogP contribution >= 0.6 is 11.3 Å². The number of rotatable bonds is 6.